The molecule has 1 aliphatic rings. The van der Waals surface area contributed by atoms with Crippen molar-refractivity contribution in [2.45, 2.75) is 20.4 Å². The van der Waals surface area contributed by atoms with Gasteiger partial charge in [0, 0.05) is 0 Å². The zero-order valence-electron chi connectivity index (χ0n) is 16.8. The number of hydrogen-bond donors (Lipinski definition) is 0. The van der Waals surface area contributed by atoms with Crippen LogP contribution in [0.25, 0.3) is 6.08 Å². The van der Waals surface area contributed by atoms with Gasteiger partial charge in [0.1, 0.15) is 0 Å². The zero-order chi connectivity index (χ0) is 22.5. The number of nitrogens with zero attached hydrogens (tertiary/aromatic N) is 1. The molecule has 9 heteroatoms. The van der Waals surface area contributed by atoms with Gasteiger partial charge in [0.2, 0.25) is 0 Å². The average Bonchev–Trinajstić information content (AvgIpc) is 2.95. The summed E-state index contributed by atoms with van der Waals surface area (Å²) in [6.07, 6.45) is 1.55. The number of ether oxygens (including phenoxy) is 2. The van der Waals surface area contributed by atoms with Crippen molar-refractivity contribution in [2.24, 2.45) is 0 Å². The van der Waals surface area contributed by atoms with Crippen LogP contribution < -0.4 is 4.74 Å². The van der Waals surface area contributed by atoms with Crippen molar-refractivity contribution in [1.29, 1.82) is 0 Å². The summed E-state index contributed by atoms with van der Waals surface area (Å²) in [5.74, 6) is -0.784. The fourth-order valence-electron chi connectivity index (χ4n) is 2.92. The minimum absolute atomic E-state index is 0.140. The maximum atomic E-state index is 12.8. The van der Waals surface area contributed by atoms with E-state index in [1.807, 2.05) is 31.2 Å². The fourth-order valence-corrected chi connectivity index (χ4v) is 4.37. The molecule has 0 aliphatic carbocycles. The van der Waals surface area contributed by atoms with Crippen LogP contribution in [0.5, 0.6) is 5.75 Å². The molecule has 0 bridgehead atoms. The Morgan fingerprint density at radius 3 is 2.52 bits per heavy atom. The van der Waals surface area contributed by atoms with E-state index in [9.17, 15) is 14.4 Å². The van der Waals surface area contributed by atoms with Crippen LogP contribution in [0, 0.1) is 6.92 Å². The van der Waals surface area contributed by atoms with Crippen LogP contribution >= 0.6 is 35.0 Å². The Morgan fingerprint density at radius 1 is 1.16 bits per heavy atom. The Morgan fingerprint density at radius 2 is 1.87 bits per heavy atom. The second kappa shape index (κ2) is 10.2. The maximum absolute atomic E-state index is 12.8. The van der Waals surface area contributed by atoms with Gasteiger partial charge in [-0.05, 0) is 54.9 Å². The number of benzene rings is 2. The highest BCUT2D eigenvalue weighted by molar-refractivity contribution is 8.18. The summed E-state index contributed by atoms with van der Waals surface area (Å²) in [6.45, 7) is 3.75. The fraction of sp³-hybridized carbons (Fsp3) is 0.227. The number of imide groups is 1. The lowest BCUT2D eigenvalue weighted by molar-refractivity contribution is -0.145. The number of rotatable bonds is 7. The smallest absolute Gasteiger partial charge is 0.344 e. The highest BCUT2D eigenvalue weighted by Gasteiger charge is 2.35. The molecule has 2 amide bonds. The molecule has 2 aromatic carbocycles. The molecule has 0 aromatic heterocycles. The molecular weight excluding hydrogens is 461 g/mol. The number of hydrogen-bond acceptors (Lipinski definition) is 6. The maximum Gasteiger partial charge on any atom is 0.344 e. The van der Waals surface area contributed by atoms with Crippen molar-refractivity contribution in [3.63, 3.8) is 0 Å². The standard InChI is InChI=1S/C22H19Cl2NO5S/c1-3-29-19(26)12-30-20-16(23)8-15(9-17(20)24)10-18-21(27)25(22(28)31-18)11-14-6-4-5-13(2)7-14/h4-10H,3,11-12H2,1-2H3/b18-10-. The van der Waals surface area contributed by atoms with Gasteiger partial charge in [-0.15, -0.1) is 0 Å². The molecule has 0 unspecified atom stereocenters. The van der Waals surface area contributed by atoms with Crippen molar-refractivity contribution >= 4 is 58.2 Å². The molecule has 0 atom stereocenters. The van der Waals surface area contributed by atoms with Crippen LogP contribution in [0.15, 0.2) is 41.3 Å². The Kier molecular flexibility index (Phi) is 7.64. The van der Waals surface area contributed by atoms with E-state index in [0.717, 1.165) is 22.9 Å². The highest BCUT2D eigenvalue weighted by atomic mass is 35.5. The van der Waals surface area contributed by atoms with E-state index in [1.165, 1.54) is 4.90 Å². The molecule has 1 fully saturated rings. The van der Waals surface area contributed by atoms with Crippen LogP contribution in [0.1, 0.15) is 23.6 Å². The van der Waals surface area contributed by atoms with Gasteiger partial charge in [0.25, 0.3) is 11.1 Å². The lowest BCUT2D eigenvalue weighted by Crippen LogP contribution is -2.27. The second-order valence-corrected chi connectivity index (χ2v) is 8.47. The quantitative estimate of drug-likeness (QED) is 0.386. The van der Waals surface area contributed by atoms with Crippen molar-refractivity contribution < 1.29 is 23.9 Å². The first-order valence-corrected chi connectivity index (χ1v) is 10.9. The molecule has 0 radical (unpaired) electrons. The Balaban J connectivity index is 1.76. The molecule has 6 nitrogen and oxygen atoms in total. The molecule has 1 saturated heterocycles. The summed E-state index contributed by atoms with van der Waals surface area (Å²) in [7, 11) is 0. The van der Waals surface area contributed by atoms with E-state index in [1.54, 1.807) is 25.1 Å². The first kappa shape index (κ1) is 23.2. The SMILES string of the molecule is CCOC(=O)COc1c(Cl)cc(/C=C2\SC(=O)N(Cc3cccc(C)c3)C2=O)cc1Cl. The van der Waals surface area contributed by atoms with Gasteiger partial charge in [-0.2, -0.15) is 0 Å². The number of aryl methyl sites for hydroxylation is 1. The van der Waals surface area contributed by atoms with Crippen LogP contribution in [-0.2, 0) is 20.9 Å². The molecule has 1 aliphatic heterocycles. The molecular formula is C22H19Cl2NO5S. The van der Waals surface area contributed by atoms with E-state index in [4.69, 9.17) is 32.7 Å². The first-order chi connectivity index (χ1) is 14.8. The van der Waals surface area contributed by atoms with Crippen molar-refractivity contribution in [2.75, 3.05) is 13.2 Å². The van der Waals surface area contributed by atoms with Gasteiger partial charge >= 0.3 is 5.97 Å². The topological polar surface area (TPSA) is 72.9 Å². The minimum atomic E-state index is -0.541. The molecule has 0 spiro atoms. The summed E-state index contributed by atoms with van der Waals surface area (Å²) >= 11 is 13.3. The average molecular weight is 480 g/mol. The molecule has 162 valence electrons. The summed E-state index contributed by atoms with van der Waals surface area (Å²) in [6, 6.07) is 10.7. The summed E-state index contributed by atoms with van der Waals surface area (Å²) < 4.78 is 10.1. The number of thioether (sulfide) groups is 1. The van der Waals surface area contributed by atoms with Gasteiger partial charge < -0.3 is 9.47 Å². The molecule has 0 N–H and O–H groups in total. The third-order valence-corrected chi connectivity index (χ3v) is 5.72. The van der Waals surface area contributed by atoms with Crippen molar-refractivity contribution in [3.05, 3.63) is 68.0 Å². The van der Waals surface area contributed by atoms with Gasteiger partial charge in [0.05, 0.1) is 28.1 Å². The monoisotopic (exact) mass is 479 g/mol. The second-order valence-electron chi connectivity index (χ2n) is 6.66. The van der Waals surface area contributed by atoms with E-state index < -0.39 is 5.97 Å². The van der Waals surface area contributed by atoms with Crippen molar-refractivity contribution in [1.82, 2.24) is 4.90 Å². The largest absolute Gasteiger partial charge is 0.479 e. The van der Waals surface area contributed by atoms with Crippen LogP contribution in [0.4, 0.5) is 4.79 Å². The van der Waals surface area contributed by atoms with Crippen molar-refractivity contribution in [3.8, 4) is 5.75 Å². The Labute approximate surface area is 194 Å². The normalized spacial score (nSPS) is 15.0. The number of carbonyl (C=O) groups excluding carboxylic acids is 3. The van der Waals surface area contributed by atoms with E-state index in [2.05, 4.69) is 0 Å². The predicted molar refractivity (Wildman–Crippen MR) is 121 cm³/mol. The lowest BCUT2D eigenvalue weighted by atomic mass is 10.1. The third kappa shape index (κ3) is 5.81. The first-order valence-electron chi connectivity index (χ1n) is 9.37. The van der Waals surface area contributed by atoms with E-state index in [-0.39, 0.29) is 51.6 Å². The van der Waals surface area contributed by atoms with Crippen LogP contribution in [-0.4, -0.2) is 35.2 Å². The lowest BCUT2D eigenvalue weighted by Gasteiger charge is -2.13. The van der Waals surface area contributed by atoms with Gasteiger partial charge in [-0.1, -0.05) is 53.0 Å². The summed E-state index contributed by atoms with van der Waals surface area (Å²) in [4.78, 5) is 38.1. The van der Waals surface area contributed by atoms with E-state index in [0.29, 0.717) is 5.56 Å². The van der Waals surface area contributed by atoms with Crippen LogP contribution in [0.3, 0.4) is 0 Å². The van der Waals surface area contributed by atoms with Crippen LogP contribution in [0.2, 0.25) is 10.0 Å². The Bertz CT molecular complexity index is 1050. The highest BCUT2D eigenvalue weighted by Crippen LogP contribution is 2.37. The number of carbonyl (C=O) groups is 3. The van der Waals surface area contributed by atoms with Gasteiger partial charge in [-0.3, -0.25) is 14.5 Å². The molecule has 2 aromatic rings. The minimum Gasteiger partial charge on any atom is -0.479 e. The molecule has 0 saturated carbocycles. The predicted octanol–water partition coefficient (Wildman–Crippen LogP) is 5.48. The van der Waals surface area contributed by atoms with E-state index >= 15 is 0 Å². The number of esters is 1. The summed E-state index contributed by atoms with van der Waals surface area (Å²) in [5, 5.41) is -0.00610. The number of amides is 2. The Hall–Kier alpha value is -2.48. The molecule has 3 rings (SSSR count). The molecule has 31 heavy (non-hydrogen) atoms. The number of halogens is 2. The molecule has 1 heterocycles. The summed E-state index contributed by atoms with van der Waals surface area (Å²) in [5.41, 5.74) is 2.45. The third-order valence-electron chi connectivity index (χ3n) is 4.25. The zero-order valence-corrected chi connectivity index (χ0v) is 19.1. The van der Waals surface area contributed by atoms with Gasteiger partial charge in [-0.25, -0.2) is 4.79 Å². The van der Waals surface area contributed by atoms with Gasteiger partial charge in [0.15, 0.2) is 12.4 Å².